The van der Waals surface area contributed by atoms with Crippen molar-refractivity contribution >= 4 is 15.9 Å². The van der Waals surface area contributed by atoms with Crippen LogP contribution in [-0.4, -0.2) is 0 Å². The Labute approximate surface area is 123 Å². The largest absolute Gasteiger partial charge is 0.271 e. The van der Waals surface area contributed by atoms with Gasteiger partial charge in [0.2, 0.25) is 0 Å². The quantitative estimate of drug-likeness (QED) is 0.664. The van der Waals surface area contributed by atoms with Crippen molar-refractivity contribution in [3.05, 3.63) is 69.2 Å². The van der Waals surface area contributed by atoms with E-state index in [9.17, 15) is 0 Å². The maximum absolute atomic E-state index is 5.73. The first kappa shape index (κ1) is 14.3. The summed E-state index contributed by atoms with van der Waals surface area (Å²) in [7, 11) is 0. The molecule has 0 aliphatic rings. The molecule has 0 radical (unpaired) electrons. The number of benzene rings is 2. The van der Waals surface area contributed by atoms with Crippen molar-refractivity contribution in [3.8, 4) is 0 Å². The maximum Gasteiger partial charge on any atom is 0.0500 e. The Morgan fingerprint density at radius 2 is 1.95 bits per heavy atom. The van der Waals surface area contributed by atoms with Crippen molar-refractivity contribution in [1.29, 1.82) is 0 Å². The predicted octanol–water partition coefficient (Wildman–Crippen LogP) is 3.81. The number of hydrogen-bond donors (Lipinski definition) is 2. The van der Waals surface area contributed by atoms with Crippen LogP contribution in [0.15, 0.2) is 46.9 Å². The van der Waals surface area contributed by atoms with E-state index in [1.54, 1.807) is 0 Å². The van der Waals surface area contributed by atoms with Gasteiger partial charge in [-0.15, -0.1) is 0 Å². The molecule has 0 aliphatic carbocycles. The van der Waals surface area contributed by atoms with Gasteiger partial charge in [-0.1, -0.05) is 51.8 Å². The molecule has 19 heavy (non-hydrogen) atoms. The fourth-order valence-corrected chi connectivity index (χ4v) is 2.65. The number of hydrazine groups is 1. The van der Waals surface area contributed by atoms with E-state index in [0.717, 1.165) is 10.9 Å². The van der Waals surface area contributed by atoms with E-state index in [-0.39, 0.29) is 6.04 Å². The van der Waals surface area contributed by atoms with E-state index in [2.05, 4.69) is 65.5 Å². The highest BCUT2D eigenvalue weighted by atomic mass is 79.9. The standard InChI is InChI=1S/C16H19BrN2/c1-11-6-7-12(2)14(8-11)10-16(19-18)13-4-3-5-15(17)9-13/h3-9,16,19H,10,18H2,1-2H3. The number of rotatable bonds is 4. The first-order chi connectivity index (χ1) is 9.10. The Morgan fingerprint density at radius 3 is 2.63 bits per heavy atom. The van der Waals surface area contributed by atoms with Crippen LogP contribution in [0.3, 0.4) is 0 Å². The molecule has 0 bridgehead atoms. The topological polar surface area (TPSA) is 38.0 Å². The zero-order valence-corrected chi connectivity index (χ0v) is 12.9. The summed E-state index contributed by atoms with van der Waals surface area (Å²) in [4.78, 5) is 0. The number of aryl methyl sites for hydroxylation is 2. The van der Waals surface area contributed by atoms with Crippen molar-refractivity contribution in [2.75, 3.05) is 0 Å². The van der Waals surface area contributed by atoms with Gasteiger partial charge in [0.25, 0.3) is 0 Å². The number of hydrogen-bond acceptors (Lipinski definition) is 2. The smallest absolute Gasteiger partial charge is 0.0500 e. The molecule has 2 rings (SSSR count). The highest BCUT2D eigenvalue weighted by Gasteiger charge is 2.12. The molecule has 0 fully saturated rings. The lowest BCUT2D eigenvalue weighted by Gasteiger charge is -2.18. The van der Waals surface area contributed by atoms with Crippen molar-refractivity contribution in [1.82, 2.24) is 5.43 Å². The summed E-state index contributed by atoms with van der Waals surface area (Å²) in [5, 5.41) is 0. The molecule has 0 saturated carbocycles. The lowest BCUT2D eigenvalue weighted by Crippen LogP contribution is -2.29. The molecule has 0 heterocycles. The molecule has 0 aliphatic heterocycles. The van der Waals surface area contributed by atoms with E-state index in [4.69, 9.17) is 5.84 Å². The minimum atomic E-state index is 0.123. The maximum atomic E-state index is 5.73. The Hall–Kier alpha value is -1.16. The third-order valence-corrected chi connectivity index (χ3v) is 3.87. The van der Waals surface area contributed by atoms with Crippen molar-refractivity contribution < 1.29 is 0 Å². The number of nitrogens with one attached hydrogen (secondary N) is 1. The average molecular weight is 319 g/mol. The highest BCUT2D eigenvalue weighted by molar-refractivity contribution is 9.10. The third kappa shape index (κ3) is 3.66. The Balaban J connectivity index is 2.26. The van der Waals surface area contributed by atoms with Gasteiger partial charge in [-0.2, -0.15) is 0 Å². The Morgan fingerprint density at radius 1 is 1.16 bits per heavy atom. The van der Waals surface area contributed by atoms with Gasteiger partial charge in [-0.25, -0.2) is 0 Å². The van der Waals surface area contributed by atoms with Gasteiger partial charge in [0.05, 0.1) is 6.04 Å². The van der Waals surface area contributed by atoms with Crippen LogP contribution in [0.25, 0.3) is 0 Å². The lowest BCUT2D eigenvalue weighted by atomic mass is 9.95. The van der Waals surface area contributed by atoms with Crippen molar-refractivity contribution in [2.45, 2.75) is 26.3 Å². The van der Waals surface area contributed by atoms with Crippen molar-refractivity contribution in [2.24, 2.45) is 5.84 Å². The fraction of sp³-hybridized carbons (Fsp3) is 0.250. The van der Waals surface area contributed by atoms with Gasteiger partial charge >= 0.3 is 0 Å². The number of nitrogens with two attached hydrogens (primary N) is 1. The van der Waals surface area contributed by atoms with Crippen molar-refractivity contribution in [3.63, 3.8) is 0 Å². The van der Waals surface area contributed by atoms with Crippen LogP contribution in [-0.2, 0) is 6.42 Å². The summed E-state index contributed by atoms with van der Waals surface area (Å²) in [6.45, 7) is 4.26. The molecule has 2 aromatic rings. The van der Waals surface area contributed by atoms with E-state index in [1.165, 1.54) is 22.3 Å². The summed E-state index contributed by atoms with van der Waals surface area (Å²) >= 11 is 3.50. The van der Waals surface area contributed by atoms with E-state index in [1.807, 2.05) is 12.1 Å². The van der Waals surface area contributed by atoms with Gasteiger partial charge in [0.15, 0.2) is 0 Å². The molecule has 2 nitrogen and oxygen atoms in total. The molecular weight excluding hydrogens is 300 g/mol. The molecule has 3 heteroatoms. The second kappa shape index (κ2) is 6.33. The monoisotopic (exact) mass is 318 g/mol. The summed E-state index contributed by atoms with van der Waals surface area (Å²) in [5.41, 5.74) is 8.04. The van der Waals surface area contributed by atoms with Gasteiger partial charge in [0.1, 0.15) is 0 Å². The third-order valence-electron chi connectivity index (χ3n) is 3.38. The second-order valence-corrected chi connectivity index (χ2v) is 5.82. The summed E-state index contributed by atoms with van der Waals surface area (Å²) in [5.74, 6) is 5.73. The molecule has 1 atom stereocenters. The molecule has 1 unspecified atom stereocenters. The molecule has 2 aromatic carbocycles. The van der Waals surface area contributed by atoms with Crippen LogP contribution >= 0.6 is 15.9 Å². The normalized spacial score (nSPS) is 12.4. The Bertz CT molecular complexity index is 566. The van der Waals surface area contributed by atoms with Crippen LogP contribution in [0, 0.1) is 13.8 Å². The zero-order chi connectivity index (χ0) is 13.8. The summed E-state index contributed by atoms with van der Waals surface area (Å²) in [6.07, 6.45) is 0.889. The van der Waals surface area contributed by atoms with Crippen LogP contribution < -0.4 is 11.3 Å². The first-order valence-electron chi connectivity index (χ1n) is 6.38. The number of halogens is 1. The molecular formula is C16H19BrN2. The zero-order valence-electron chi connectivity index (χ0n) is 11.3. The van der Waals surface area contributed by atoms with Gasteiger partial charge < -0.3 is 0 Å². The van der Waals surface area contributed by atoms with Gasteiger partial charge in [-0.3, -0.25) is 11.3 Å². The SMILES string of the molecule is Cc1ccc(C)c(CC(NN)c2cccc(Br)c2)c1. The summed E-state index contributed by atoms with van der Waals surface area (Å²) < 4.78 is 1.08. The van der Waals surface area contributed by atoms with E-state index < -0.39 is 0 Å². The molecule has 0 saturated heterocycles. The minimum Gasteiger partial charge on any atom is -0.271 e. The summed E-state index contributed by atoms with van der Waals surface area (Å²) in [6, 6.07) is 14.9. The molecule has 0 aromatic heterocycles. The van der Waals surface area contributed by atoms with Crippen LogP contribution in [0.5, 0.6) is 0 Å². The molecule has 0 spiro atoms. The van der Waals surface area contributed by atoms with Gasteiger partial charge in [-0.05, 0) is 49.1 Å². The molecule has 0 amide bonds. The van der Waals surface area contributed by atoms with Crippen LogP contribution in [0.4, 0.5) is 0 Å². The lowest BCUT2D eigenvalue weighted by molar-refractivity contribution is 0.550. The predicted molar refractivity (Wildman–Crippen MR) is 83.8 cm³/mol. The van der Waals surface area contributed by atoms with E-state index in [0.29, 0.717) is 0 Å². The molecule has 3 N–H and O–H groups in total. The van der Waals surface area contributed by atoms with E-state index >= 15 is 0 Å². The van der Waals surface area contributed by atoms with Crippen LogP contribution in [0.1, 0.15) is 28.3 Å². The Kier molecular flexibility index (Phi) is 4.75. The molecule has 100 valence electrons. The second-order valence-electron chi connectivity index (χ2n) is 4.91. The highest BCUT2D eigenvalue weighted by Crippen LogP contribution is 2.23. The average Bonchev–Trinajstić information content (AvgIpc) is 2.39. The van der Waals surface area contributed by atoms with Gasteiger partial charge in [0, 0.05) is 4.47 Å². The first-order valence-corrected chi connectivity index (χ1v) is 7.17. The van der Waals surface area contributed by atoms with Crippen LogP contribution in [0.2, 0.25) is 0 Å². The minimum absolute atomic E-state index is 0.123. The fourth-order valence-electron chi connectivity index (χ4n) is 2.24.